The van der Waals surface area contributed by atoms with Crippen LogP contribution in [0.2, 0.25) is 0 Å². The average Bonchev–Trinajstić information content (AvgIpc) is 2.87. The van der Waals surface area contributed by atoms with Crippen LogP contribution in [0.1, 0.15) is 43.7 Å². The van der Waals surface area contributed by atoms with Crippen LogP contribution < -0.4 is 14.8 Å². The second-order valence-corrected chi connectivity index (χ2v) is 5.94. The minimum Gasteiger partial charge on any atom is -0.454 e. The molecular weight excluding hydrogens is 238 g/mol. The first-order valence-corrected chi connectivity index (χ1v) is 7.38. The van der Waals surface area contributed by atoms with E-state index < -0.39 is 0 Å². The minimum absolute atomic E-state index is 0.365. The van der Waals surface area contributed by atoms with Crippen molar-refractivity contribution in [2.75, 3.05) is 19.9 Å². The molecule has 1 N–H and O–H groups in total. The third-order valence-corrected chi connectivity index (χ3v) is 4.15. The number of piperidine rings is 1. The molecule has 0 spiro atoms. The third kappa shape index (κ3) is 2.57. The quantitative estimate of drug-likeness (QED) is 0.907. The van der Waals surface area contributed by atoms with E-state index in [0.29, 0.717) is 12.7 Å². The average molecular weight is 261 g/mol. The molecule has 1 atom stereocenters. The molecule has 1 unspecified atom stereocenters. The Morgan fingerprint density at radius 1 is 1.32 bits per heavy atom. The van der Waals surface area contributed by atoms with Crippen LogP contribution in [-0.2, 0) is 6.42 Å². The molecule has 3 heteroatoms. The molecule has 1 fully saturated rings. The maximum absolute atomic E-state index is 5.68. The molecule has 0 aliphatic carbocycles. The summed E-state index contributed by atoms with van der Waals surface area (Å²) >= 11 is 0. The van der Waals surface area contributed by atoms with Crippen LogP contribution in [0.25, 0.3) is 0 Å². The lowest BCUT2D eigenvalue weighted by Crippen LogP contribution is -2.31. The molecule has 1 aromatic carbocycles. The van der Waals surface area contributed by atoms with Gasteiger partial charge in [0.2, 0.25) is 6.79 Å². The van der Waals surface area contributed by atoms with Crippen molar-refractivity contribution in [1.82, 2.24) is 5.32 Å². The number of hydrogen-bond acceptors (Lipinski definition) is 3. The van der Waals surface area contributed by atoms with Gasteiger partial charge in [-0.25, -0.2) is 0 Å². The van der Waals surface area contributed by atoms with Crippen molar-refractivity contribution in [3.63, 3.8) is 0 Å². The van der Waals surface area contributed by atoms with Crippen LogP contribution in [0.15, 0.2) is 12.1 Å². The topological polar surface area (TPSA) is 30.5 Å². The van der Waals surface area contributed by atoms with Crippen molar-refractivity contribution in [3.05, 3.63) is 23.3 Å². The first kappa shape index (κ1) is 12.8. The smallest absolute Gasteiger partial charge is 0.231 e. The summed E-state index contributed by atoms with van der Waals surface area (Å²) in [6, 6.07) is 4.30. The molecule has 2 heterocycles. The normalized spacial score (nSPS) is 21.9. The fourth-order valence-electron chi connectivity index (χ4n) is 3.25. The van der Waals surface area contributed by atoms with Crippen molar-refractivity contribution >= 4 is 0 Å². The Kier molecular flexibility index (Phi) is 3.65. The fourth-order valence-corrected chi connectivity index (χ4v) is 3.25. The lowest BCUT2D eigenvalue weighted by atomic mass is 9.86. The zero-order valence-electron chi connectivity index (χ0n) is 11.9. The van der Waals surface area contributed by atoms with Gasteiger partial charge in [0.05, 0.1) is 0 Å². The molecule has 19 heavy (non-hydrogen) atoms. The highest BCUT2D eigenvalue weighted by Gasteiger charge is 2.24. The largest absolute Gasteiger partial charge is 0.454 e. The Bertz CT molecular complexity index is 450. The maximum atomic E-state index is 5.68. The van der Waals surface area contributed by atoms with Crippen molar-refractivity contribution in [3.8, 4) is 11.5 Å². The summed E-state index contributed by atoms with van der Waals surface area (Å²) in [5, 5.41) is 3.50. The Morgan fingerprint density at radius 3 is 2.95 bits per heavy atom. The second kappa shape index (κ2) is 5.41. The molecule has 3 nitrogen and oxygen atoms in total. The van der Waals surface area contributed by atoms with Gasteiger partial charge in [0.1, 0.15) is 0 Å². The first-order chi connectivity index (χ1) is 9.25. The van der Waals surface area contributed by atoms with Crippen molar-refractivity contribution in [2.45, 2.75) is 39.0 Å². The van der Waals surface area contributed by atoms with E-state index in [-0.39, 0.29) is 0 Å². The van der Waals surface area contributed by atoms with Gasteiger partial charge in [-0.3, -0.25) is 0 Å². The van der Waals surface area contributed by atoms with Crippen molar-refractivity contribution in [1.29, 1.82) is 0 Å². The fraction of sp³-hybridized carbons (Fsp3) is 0.625. The highest BCUT2D eigenvalue weighted by molar-refractivity contribution is 5.53. The third-order valence-electron chi connectivity index (χ3n) is 4.15. The minimum atomic E-state index is 0.365. The maximum Gasteiger partial charge on any atom is 0.231 e. The van der Waals surface area contributed by atoms with Gasteiger partial charge in [0, 0.05) is 5.56 Å². The SMILES string of the molecule is CC(C)c1c(CC2CCCNC2)ccc2c1OCO2. The van der Waals surface area contributed by atoms with E-state index in [0.717, 1.165) is 30.4 Å². The number of nitrogens with one attached hydrogen (secondary N) is 1. The Balaban J connectivity index is 1.87. The Labute approximate surface area is 115 Å². The van der Waals surface area contributed by atoms with Gasteiger partial charge >= 0.3 is 0 Å². The van der Waals surface area contributed by atoms with Gasteiger partial charge in [-0.2, -0.15) is 0 Å². The molecule has 0 aromatic heterocycles. The standard InChI is InChI=1S/C16H23NO2/c1-11(2)15-13(8-12-4-3-7-17-9-12)5-6-14-16(15)19-10-18-14/h5-6,11-12,17H,3-4,7-10H2,1-2H3. The van der Waals surface area contributed by atoms with E-state index in [4.69, 9.17) is 9.47 Å². The number of hydrogen-bond donors (Lipinski definition) is 1. The molecule has 0 radical (unpaired) electrons. The van der Waals surface area contributed by atoms with Crippen molar-refractivity contribution in [2.24, 2.45) is 5.92 Å². The van der Waals surface area contributed by atoms with Crippen LogP contribution in [0.5, 0.6) is 11.5 Å². The Morgan fingerprint density at radius 2 is 2.21 bits per heavy atom. The molecule has 2 aliphatic heterocycles. The molecule has 2 aliphatic rings. The van der Waals surface area contributed by atoms with Gasteiger partial charge in [-0.1, -0.05) is 19.9 Å². The van der Waals surface area contributed by atoms with Crippen LogP contribution in [0.4, 0.5) is 0 Å². The summed E-state index contributed by atoms with van der Waals surface area (Å²) < 4.78 is 11.2. The van der Waals surface area contributed by atoms with E-state index in [2.05, 4.69) is 31.3 Å². The van der Waals surface area contributed by atoms with Crippen LogP contribution in [-0.4, -0.2) is 19.9 Å². The van der Waals surface area contributed by atoms with Gasteiger partial charge in [0.15, 0.2) is 11.5 Å². The van der Waals surface area contributed by atoms with E-state index in [1.807, 2.05) is 0 Å². The van der Waals surface area contributed by atoms with Crippen LogP contribution in [0, 0.1) is 5.92 Å². The summed E-state index contributed by atoms with van der Waals surface area (Å²) in [4.78, 5) is 0. The molecule has 0 amide bonds. The molecule has 0 saturated carbocycles. The van der Waals surface area contributed by atoms with Crippen LogP contribution >= 0.6 is 0 Å². The summed E-state index contributed by atoms with van der Waals surface area (Å²) in [6.07, 6.45) is 3.78. The zero-order valence-corrected chi connectivity index (χ0v) is 11.9. The second-order valence-electron chi connectivity index (χ2n) is 5.94. The van der Waals surface area contributed by atoms with Gasteiger partial charge in [-0.05, 0) is 55.8 Å². The summed E-state index contributed by atoms with van der Waals surface area (Å²) in [5.74, 6) is 3.13. The highest BCUT2D eigenvalue weighted by Crippen LogP contribution is 2.42. The highest BCUT2D eigenvalue weighted by atomic mass is 16.7. The van der Waals surface area contributed by atoms with Gasteiger partial charge in [-0.15, -0.1) is 0 Å². The first-order valence-electron chi connectivity index (χ1n) is 7.38. The molecule has 0 bridgehead atoms. The molecule has 3 rings (SSSR count). The monoisotopic (exact) mass is 261 g/mol. The van der Waals surface area contributed by atoms with E-state index in [9.17, 15) is 0 Å². The number of benzene rings is 1. The lowest BCUT2D eigenvalue weighted by molar-refractivity contribution is 0.173. The number of rotatable bonds is 3. The molecule has 104 valence electrons. The number of ether oxygens (including phenoxy) is 2. The summed E-state index contributed by atoms with van der Waals surface area (Å²) in [5.41, 5.74) is 2.79. The zero-order chi connectivity index (χ0) is 13.2. The van der Waals surface area contributed by atoms with E-state index >= 15 is 0 Å². The Hall–Kier alpha value is -1.22. The van der Waals surface area contributed by atoms with Crippen LogP contribution in [0.3, 0.4) is 0 Å². The van der Waals surface area contributed by atoms with E-state index in [1.165, 1.54) is 30.5 Å². The predicted molar refractivity (Wildman–Crippen MR) is 76.0 cm³/mol. The molecule has 1 saturated heterocycles. The summed E-state index contributed by atoms with van der Waals surface area (Å²) in [7, 11) is 0. The molecular formula is C16H23NO2. The van der Waals surface area contributed by atoms with Gasteiger partial charge in [0.25, 0.3) is 0 Å². The van der Waals surface area contributed by atoms with Crippen molar-refractivity contribution < 1.29 is 9.47 Å². The number of fused-ring (bicyclic) bond motifs is 1. The summed E-state index contributed by atoms with van der Waals surface area (Å²) in [6.45, 7) is 7.16. The van der Waals surface area contributed by atoms with Gasteiger partial charge < -0.3 is 14.8 Å². The predicted octanol–water partition coefficient (Wildman–Crippen LogP) is 3.08. The lowest BCUT2D eigenvalue weighted by Gasteiger charge is -2.25. The van der Waals surface area contributed by atoms with E-state index in [1.54, 1.807) is 0 Å². The molecule has 1 aromatic rings.